The molecule has 1 aromatic heterocycles. The van der Waals surface area contributed by atoms with Crippen molar-refractivity contribution in [1.82, 2.24) is 0 Å². The van der Waals surface area contributed by atoms with Crippen LogP contribution in [-0.4, -0.2) is 25.3 Å². The molecular formula is C14H18O4. The minimum Gasteiger partial charge on any atom is -0.465 e. The molecule has 18 heavy (non-hydrogen) atoms. The molecule has 0 bridgehead atoms. The van der Waals surface area contributed by atoms with Crippen LogP contribution in [0.2, 0.25) is 0 Å². The number of aldehydes is 1. The minimum absolute atomic E-state index is 0.200. The number of rotatable bonds is 5. The first-order chi connectivity index (χ1) is 8.79. The fraction of sp³-hybridized carbons (Fsp3) is 0.500. The summed E-state index contributed by atoms with van der Waals surface area (Å²) < 4.78 is 16.4. The molecule has 4 heteroatoms. The predicted molar refractivity (Wildman–Crippen MR) is 66.9 cm³/mol. The van der Waals surface area contributed by atoms with Crippen LogP contribution in [0.5, 0.6) is 0 Å². The van der Waals surface area contributed by atoms with Crippen LogP contribution >= 0.6 is 0 Å². The van der Waals surface area contributed by atoms with Crippen LogP contribution in [0, 0.1) is 0 Å². The average Bonchev–Trinajstić information content (AvgIpc) is 2.90. The Morgan fingerprint density at radius 3 is 3.06 bits per heavy atom. The topological polar surface area (TPSA) is 48.7 Å². The normalized spacial score (nSPS) is 22.7. The highest BCUT2D eigenvalue weighted by molar-refractivity contribution is 5.82. The smallest absolute Gasteiger partial charge is 0.158 e. The van der Waals surface area contributed by atoms with Crippen molar-refractivity contribution in [2.24, 2.45) is 0 Å². The van der Waals surface area contributed by atoms with Gasteiger partial charge in [-0.25, -0.2) is 0 Å². The molecule has 0 spiro atoms. The maximum absolute atomic E-state index is 11.1. The van der Waals surface area contributed by atoms with Gasteiger partial charge in [0.05, 0.1) is 12.4 Å². The highest BCUT2D eigenvalue weighted by atomic mass is 16.7. The van der Waals surface area contributed by atoms with Crippen LogP contribution in [-0.2, 0) is 14.3 Å². The first kappa shape index (κ1) is 13.1. The lowest BCUT2D eigenvalue weighted by atomic mass is 10.1. The van der Waals surface area contributed by atoms with Gasteiger partial charge in [0.25, 0.3) is 0 Å². The SMILES string of the molecule is CC(OC1CCCCO1)/C(C=O)=C\c1ccco1. The molecule has 2 atom stereocenters. The summed E-state index contributed by atoms with van der Waals surface area (Å²) in [5.41, 5.74) is 0.555. The van der Waals surface area contributed by atoms with E-state index in [0.717, 1.165) is 32.2 Å². The minimum atomic E-state index is -0.296. The number of hydrogen-bond donors (Lipinski definition) is 0. The van der Waals surface area contributed by atoms with Crippen molar-refractivity contribution in [3.8, 4) is 0 Å². The quantitative estimate of drug-likeness (QED) is 0.595. The third-order valence-corrected chi connectivity index (χ3v) is 2.95. The van der Waals surface area contributed by atoms with E-state index >= 15 is 0 Å². The Balaban J connectivity index is 1.96. The summed E-state index contributed by atoms with van der Waals surface area (Å²) in [6.07, 6.45) is 6.65. The van der Waals surface area contributed by atoms with Crippen molar-refractivity contribution < 1.29 is 18.7 Å². The molecule has 0 radical (unpaired) electrons. The monoisotopic (exact) mass is 250 g/mol. The first-order valence-electron chi connectivity index (χ1n) is 6.27. The molecule has 1 fully saturated rings. The van der Waals surface area contributed by atoms with Crippen molar-refractivity contribution in [2.75, 3.05) is 6.61 Å². The second kappa shape index (κ2) is 6.52. The van der Waals surface area contributed by atoms with Gasteiger partial charge in [0, 0.05) is 12.2 Å². The van der Waals surface area contributed by atoms with E-state index in [9.17, 15) is 4.79 Å². The van der Waals surface area contributed by atoms with Crippen molar-refractivity contribution >= 4 is 12.4 Å². The summed E-state index contributed by atoms with van der Waals surface area (Å²) >= 11 is 0. The average molecular weight is 250 g/mol. The van der Waals surface area contributed by atoms with Crippen molar-refractivity contribution in [3.63, 3.8) is 0 Å². The molecule has 1 aliphatic heterocycles. The van der Waals surface area contributed by atoms with Crippen molar-refractivity contribution in [1.29, 1.82) is 0 Å². The van der Waals surface area contributed by atoms with E-state index in [1.165, 1.54) is 0 Å². The van der Waals surface area contributed by atoms with Gasteiger partial charge in [-0.15, -0.1) is 0 Å². The molecule has 0 amide bonds. The molecular weight excluding hydrogens is 232 g/mol. The number of ether oxygens (including phenoxy) is 2. The fourth-order valence-electron chi connectivity index (χ4n) is 1.91. The van der Waals surface area contributed by atoms with Gasteiger partial charge in [-0.05, 0) is 44.4 Å². The molecule has 0 saturated carbocycles. The van der Waals surface area contributed by atoms with Gasteiger partial charge >= 0.3 is 0 Å². The van der Waals surface area contributed by atoms with Crippen LogP contribution in [0.4, 0.5) is 0 Å². The molecule has 0 aromatic carbocycles. The Hall–Kier alpha value is -1.39. The number of hydrogen-bond acceptors (Lipinski definition) is 4. The van der Waals surface area contributed by atoms with Crippen molar-refractivity contribution in [3.05, 3.63) is 29.7 Å². The summed E-state index contributed by atoms with van der Waals surface area (Å²) in [6, 6.07) is 3.58. The number of carbonyl (C=O) groups is 1. The highest BCUT2D eigenvalue weighted by Crippen LogP contribution is 2.19. The Bertz CT molecular complexity index is 388. The van der Waals surface area contributed by atoms with Gasteiger partial charge in [0.1, 0.15) is 12.0 Å². The van der Waals surface area contributed by atoms with E-state index in [-0.39, 0.29) is 12.4 Å². The van der Waals surface area contributed by atoms with E-state index in [1.54, 1.807) is 24.5 Å². The van der Waals surface area contributed by atoms with Crippen LogP contribution < -0.4 is 0 Å². The molecule has 1 aliphatic rings. The van der Waals surface area contributed by atoms with E-state index in [1.807, 2.05) is 6.92 Å². The van der Waals surface area contributed by atoms with E-state index in [4.69, 9.17) is 13.9 Å². The first-order valence-corrected chi connectivity index (χ1v) is 6.27. The third-order valence-electron chi connectivity index (χ3n) is 2.95. The second-order valence-electron chi connectivity index (χ2n) is 4.35. The van der Waals surface area contributed by atoms with Gasteiger partial charge < -0.3 is 13.9 Å². The molecule has 98 valence electrons. The molecule has 1 aromatic rings. The highest BCUT2D eigenvalue weighted by Gasteiger charge is 2.19. The molecule has 2 unspecified atom stereocenters. The van der Waals surface area contributed by atoms with E-state index in [0.29, 0.717) is 11.3 Å². The lowest BCUT2D eigenvalue weighted by Crippen LogP contribution is -2.27. The lowest BCUT2D eigenvalue weighted by molar-refractivity contribution is -0.177. The lowest BCUT2D eigenvalue weighted by Gasteiger charge is -2.26. The zero-order valence-corrected chi connectivity index (χ0v) is 10.5. The Labute approximate surface area is 107 Å². The summed E-state index contributed by atoms with van der Waals surface area (Å²) in [5.74, 6) is 0.650. The van der Waals surface area contributed by atoms with Gasteiger partial charge in [0.15, 0.2) is 6.29 Å². The van der Waals surface area contributed by atoms with Crippen LogP contribution in [0.25, 0.3) is 6.08 Å². The van der Waals surface area contributed by atoms with E-state index in [2.05, 4.69) is 0 Å². The maximum Gasteiger partial charge on any atom is 0.158 e. The Morgan fingerprint density at radius 1 is 1.56 bits per heavy atom. The molecule has 0 N–H and O–H groups in total. The number of furan rings is 1. The van der Waals surface area contributed by atoms with Crippen LogP contribution in [0.1, 0.15) is 31.9 Å². The maximum atomic E-state index is 11.1. The fourth-order valence-corrected chi connectivity index (χ4v) is 1.91. The Morgan fingerprint density at radius 2 is 2.44 bits per heavy atom. The molecule has 2 heterocycles. The third kappa shape index (κ3) is 3.55. The molecule has 2 rings (SSSR count). The zero-order chi connectivity index (χ0) is 12.8. The van der Waals surface area contributed by atoms with Gasteiger partial charge in [-0.2, -0.15) is 0 Å². The second-order valence-corrected chi connectivity index (χ2v) is 4.35. The summed E-state index contributed by atoms with van der Waals surface area (Å²) in [4.78, 5) is 11.1. The Kier molecular flexibility index (Phi) is 4.73. The summed E-state index contributed by atoms with van der Waals surface area (Å²) in [6.45, 7) is 2.58. The molecule has 4 nitrogen and oxygen atoms in total. The van der Waals surface area contributed by atoms with Crippen molar-refractivity contribution in [2.45, 2.75) is 38.6 Å². The summed E-state index contributed by atoms with van der Waals surface area (Å²) in [5, 5.41) is 0. The standard InChI is InChI=1S/C14H18O4/c1-11(18-14-6-2-3-7-17-14)12(10-15)9-13-5-4-8-16-13/h4-5,8-11,14H,2-3,6-7H2,1H3/b12-9-. The largest absolute Gasteiger partial charge is 0.465 e. The van der Waals surface area contributed by atoms with Crippen LogP contribution in [0.3, 0.4) is 0 Å². The molecule has 1 saturated heterocycles. The zero-order valence-electron chi connectivity index (χ0n) is 10.5. The van der Waals surface area contributed by atoms with E-state index < -0.39 is 0 Å². The van der Waals surface area contributed by atoms with Crippen LogP contribution in [0.15, 0.2) is 28.4 Å². The predicted octanol–water partition coefficient (Wildman–Crippen LogP) is 2.79. The van der Waals surface area contributed by atoms with Gasteiger partial charge in [0.2, 0.25) is 0 Å². The molecule has 0 aliphatic carbocycles. The summed E-state index contributed by atoms with van der Waals surface area (Å²) in [7, 11) is 0. The van der Waals surface area contributed by atoms with Gasteiger partial charge in [-0.3, -0.25) is 4.79 Å². The number of carbonyl (C=O) groups excluding carboxylic acids is 1. The van der Waals surface area contributed by atoms with Gasteiger partial charge in [-0.1, -0.05) is 0 Å².